The molecule has 0 aliphatic heterocycles. The molecule has 0 N–H and O–H groups in total. The van der Waals surface area contributed by atoms with E-state index < -0.39 is 10.3 Å². The van der Waals surface area contributed by atoms with E-state index in [4.69, 9.17) is 4.74 Å². The van der Waals surface area contributed by atoms with E-state index in [2.05, 4.69) is 12.6 Å². The summed E-state index contributed by atoms with van der Waals surface area (Å²) in [6.07, 6.45) is 1.92. The van der Waals surface area contributed by atoms with Gasteiger partial charge in [-0.05, 0) is 0 Å². The third-order valence-electron chi connectivity index (χ3n) is 2.25. The Bertz CT molecular complexity index is 453. The Labute approximate surface area is 114 Å². The molecule has 0 saturated carbocycles. The molecule has 4 heteroatoms. The van der Waals surface area contributed by atoms with Gasteiger partial charge in [0.25, 0.3) is 0 Å². The number of benzene rings is 1. The average molecular weight is 308 g/mol. The molecule has 1 aromatic carbocycles. The number of ether oxygens (including phenoxy) is 1. The van der Waals surface area contributed by atoms with Crippen LogP contribution in [0.4, 0.5) is 0 Å². The van der Waals surface area contributed by atoms with E-state index in [1.807, 2.05) is 30.3 Å². The van der Waals surface area contributed by atoms with Crippen molar-refractivity contribution in [3.63, 3.8) is 0 Å². The van der Waals surface area contributed by atoms with Crippen LogP contribution in [0.15, 0.2) is 43.0 Å². The second kappa shape index (κ2) is 7.00. The zero-order valence-corrected chi connectivity index (χ0v) is 12.0. The number of hydrogen-bond acceptors (Lipinski definition) is 3. The summed E-state index contributed by atoms with van der Waals surface area (Å²) < 4.78 is 4.93. The Morgan fingerprint density at radius 3 is 2.72 bits per heavy atom. The third-order valence-corrected chi connectivity index (χ3v) is 4.94. The first-order chi connectivity index (χ1) is 8.68. The molecule has 0 radical (unpaired) electrons. The summed E-state index contributed by atoms with van der Waals surface area (Å²) in [5.74, 6) is -0.448. The van der Waals surface area contributed by atoms with Gasteiger partial charge in [-0.2, -0.15) is 0 Å². The summed E-state index contributed by atoms with van der Waals surface area (Å²) in [5.41, 5.74) is 0. The van der Waals surface area contributed by atoms with Crippen molar-refractivity contribution in [3.8, 4) is 6.07 Å². The number of nitriles is 1. The van der Waals surface area contributed by atoms with E-state index >= 15 is 0 Å². The molecule has 1 atom stereocenters. The molecule has 0 aliphatic carbocycles. The van der Waals surface area contributed by atoms with Crippen LogP contribution < -0.4 is 4.46 Å². The Kier molecular flexibility index (Phi) is 5.64. The first kappa shape index (κ1) is 14.5. The summed E-state index contributed by atoms with van der Waals surface area (Å²) in [7, 11) is 0. The van der Waals surface area contributed by atoms with Crippen molar-refractivity contribution < 1.29 is 9.53 Å². The summed E-state index contributed by atoms with van der Waals surface area (Å²) in [6.45, 7) is 5.65. The van der Waals surface area contributed by atoms with Crippen molar-refractivity contribution >= 4 is 25.4 Å². The molecule has 3 nitrogen and oxygen atoms in total. The van der Waals surface area contributed by atoms with Crippen LogP contribution in [-0.2, 0) is 9.53 Å². The standard InChI is InChI=1S/C14H15NO2Se/c1-3-10-14(11-15,13(16)17-4-2)18-12-8-6-5-7-9-12/h3,5-9H,1,4,10H2,2H3. The number of hydrogen-bond donors (Lipinski definition) is 0. The molecule has 0 bridgehead atoms. The average Bonchev–Trinajstić information content (AvgIpc) is 2.39. The maximum atomic E-state index is 12.0. The molecular formula is C14H15NO2Se. The number of esters is 1. The maximum absolute atomic E-state index is 12.0. The van der Waals surface area contributed by atoms with E-state index in [1.54, 1.807) is 13.0 Å². The van der Waals surface area contributed by atoms with Gasteiger partial charge in [0.05, 0.1) is 0 Å². The third kappa shape index (κ3) is 3.46. The van der Waals surface area contributed by atoms with Gasteiger partial charge in [0.1, 0.15) is 0 Å². The van der Waals surface area contributed by atoms with Gasteiger partial charge < -0.3 is 0 Å². The quantitative estimate of drug-likeness (QED) is 0.458. The van der Waals surface area contributed by atoms with Gasteiger partial charge in [-0.25, -0.2) is 0 Å². The molecule has 0 heterocycles. The minimum atomic E-state index is -1.11. The molecule has 1 unspecified atom stereocenters. The number of carbonyl (C=O) groups is 1. The second-order valence-electron chi connectivity index (χ2n) is 3.57. The van der Waals surface area contributed by atoms with E-state index in [1.165, 1.54) is 0 Å². The van der Waals surface area contributed by atoms with Gasteiger partial charge >= 0.3 is 114 Å². The molecular weight excluding hydrogens is 293 g/mol. The number of allylic oxidation sites excluding steroid dienone is 1. The Morgan fingerprint density at radius 2 is 2.22 bits per heavy atom. The van der Waals surface area contributed by atoms with Crippen LogP contribution >= 0.6 is 0 Å². The molecule has 1 rings (SSSR count). The second-order valence-corrected chi connectivity index (χ2v) is 6.45. The predicted octanol–water partition coefficient (Wildman–Crippen LogP) is 1.84. The van der Waals surface area contributed by atoms with Crippen LogP contribution in [-0.4, -0.2) is 27.5 Å². The fourth-order valence-corrected chi connectivity index (χ4v) is 3.70. The Balaban J connectivity index is 3.01. The zero-order chi connectivity index (χ0) is 13.4. The SMILES string of the molecule is C=CCC(C#N)([Se]c1ccccc1)C(=O)OCC. The molecule has 0 spiro atoms. The predicted molar refractivity (Wildman–Crippen MR) is 71.6 cm³/mol. The van der Waals surface area contributed by atoms with E-state index in [9.17, 15) is 10.1 Å². The van der Waals surface area contributed by atoms with Gasteiger partial charge in [-0.15, -0.1) is 0 Å². The van der Waals surface area contributed by atoms with Crippen LogP contribution in [0.5, 0.6) is 0 Å². The Morgan fingerprint density at radius 1 is 1.56 bits per heavy atom. The van der Waals surface area contributed by atoms with Crippen LogP contribution in [0.2, 0.25) is 4.31 Å². The van der Waals surface area contributed by atoms with Gasteiger partial charge in [-0.3, -0.25) is 0 Å². The van der Waals surface area contributed by atoms with Crippen molar-refractivity contribution in [1.29, 1.82) is 5.26 Å². The van der Waals surface area contributed by atoms with Gasteiger partial charge in [0, 0.05) is 0 Å². The molecule has 0 fully saturated rings. The van der Waals surface area contributed by atoms with Crippen LogP contribution in [0.3, 0.4) is 0 Å². The fourth-order valence-electron chi connectivity index (χ4n) is 1.42. The van der Waals surface area contributed by atoms with E-state index in [-0.39, 0.29) is 21.6 Å². The molecule has 0 aliphatic rings. The van der Waals surface area contributed by atoms with Crippen molar-refractivity contribution in [3.05, 3.63) is 43.0 Å². The van der Waals surface area contributed by atoms with Crippen LogP contribution in [0.1, 0.15) is 13.3 Å². The monoisotopic (exact) mass is 309 g/mol. The van der Waals surface area contributed by atoms with Gasteiger partial charge in [0.2, 0.25) is 0 Å². The molecule has 0 amide bonds. The summed E-state index contributed by atoms with van der Waals surface area (Å²) in [6, 6.07) is 11.7. The topological polar surface area (TPSA) is 50.1 Å². The minimum absolute atomic E-state index is 0.282. The molecule has 0 aromatic heterocycles. The first-order valence-electron chi connectivity index (χ1n) is 5.62. The van der Waals surface area contributed by atoms with Gasteiger partial charge in [0.15, 0.2) is 0 Å². The zero-order valence-electron chi connectivity index (χ0n) is 10.3. The molecule has 1 aromatic rings. The van der Waals surface area contributed by atoms with E-state index in [0.717, 1.165) is 4.46 Å². The summed E-state index contributed by atoms with van der Waals surface area (Å²) in [5, 5.41) is 9.38. The van der Waals surface area contributed by atoms with Crippen molar-refractivity contribution in [2.45, 2.75) is 17.7 Å². The fraction of sp³-hybridized carbons (Fsp3) is 0.286. The van der Waals surface area contributed by atoms with Crippen molar-refractivity contribution in [1.82, 2.24) is 0 Å². The molecule has 18 heavy (non-hydrogen) atoms. The van der Waals surface area contributed by atoms with Crippen LogP contribution in [0.25, 0.3) is 0 Å². The number of carbonyl (C=O) groups excluding carboxylic acids is 1. The molecule has 94 valence electrons. The number of nitrogens with zero attached hydrogens (tertiary/aromatic N) is 1. The number of rotatable bonds is 6. The normalized spacial score (nSPS) is 13.1. The van der Waals surface area contributed by atoms with Gasteiger partial charge in [-0.1, -0.05) is 0 Å². The van der Waals surface area contributed by atoms with Crippen molar-refractivity contribution in [2.75, 3.05) is 6.61 Å². The molecule has 0 saturated heterocycles. The van der Waals surface area contributed by atoms with E-state index in [0.29, 0.717) is 6.42 Å². The first-order valence-corrected chi connectivity index (χ1v) is 7.33. The van der Waals surface area contributed by atoms with Crippen LogP contribution in [0, 0.1) is 11.3 Å². The summed E-state index contributed by atoms with van der Waals surface area (Å²) >= 11 is -0.302. The van der Waals surface area contributed by atoms with Crippen molar-refractivity contribution in [2.24, 2.45) is 0 Å². The Hall–Kier alpha value is -1.56. The summed E-state index contributed by atoms with van der Waals surface area (Å²) in [4.78, 5) is 12.0.